The summed E-state index contributed by atoms with van der Waals surface area (Å²) in [7, 11) is 2.76. The second-order valence-corrected chi connectivity index (χ2v) is 8.52. The molecule has 12 nitrogen and oxygen atoms in total. The summed E-state index contributed by atoms with van der Waals surface area (Å²) in [5, 5.41) is 16.2. The van der Waals surface area contributed by atoms with Crippen molar-refractivity contribution in [1.29, 1.82) is 0 Å². The van der Waals surface area contributed by atoms with E-state index in [0.29, 0.717) is 24.8 Å². The van der Waals surface area contributed by atoms with Crippen molar-refractivity contribution in [2.45, 2.75) is 33.4 Å². The van der Waals surface area contributed by atoms with Crippen LogP contribution in [-0.2, 0) is 25.6 Å². The van der Waals surface area contributed by atoms with Gasteiger partial charge in [0.15, 0.2) is 5.03 Å². The summed E-state index contributed by atoms with van der Waals surface area (Å²) in [4.78, 5) is 41.6. The molecule has 2 aromatic rings. The molecule has 0 spiro atoms. The number of hydrogen-bond donors (Lipinski definition) is 1. The second kappa shape index (κ2) is 14.1. The van der Waals surface area contributed by atoms with Crippen LogP contribution in [0.3, 0.4) is 0 Å². The number of carbonyl (C=O) groups is 2. The van der Waals surface area contributed by atoms with Crippen LogP contribution in [0.25, 0.3) is 0 Å². The Morgan fingerprint density at radius 1 is 1.27 bits per heavy atom. The van der Waals surface area contributed by atoms with Gasteiger partial charge in [0.1, 0.15) is 22.9 Å². The number of hydrazone groups is 1. The lowest BCUT2D eigenvalue weighted by Crippen LogP contribution is -2.46. The summed E-state index contributed by atoms with van der Waals surface area (Å²) >= 11 is 5.68. The van der Waals surface area contributed by atoms with E-state index in [0.717, 1.165) is 22.4 Å². The van der Waals surface area contributed by atoms with Gasteiger partial charge in [-0.25, -0.2) is 19.9 Å². The molecular formula is C24H31ClN6O6. The standard InChI is InChI=1S/C15H21NO4.C9H10ClN5O2/c1-10-7-6-8-11(2)14(10)16(13(17)9-19-4)12(3)15(18)20-5;10-8-2-1-7(5-12-8)6-14-4-3-11-9(14)13-15(16)17/h6-8,12H,9H2,1-5H3;1-2,5H,3-4,6H2,(H,11,13). The predicted molar refractivity (Wildman–Crippen MR) is 139 cm³/mol. The van der Waals surface area contributed by atoms with Crippen molar-refractivity contribution in [3.05, 3.63) is 68.5 Å². The monoisotopic (exact) mass is 534 g/mol. The number of methoxy groups -OCH3 is 2. The Balaban J connectivity index is 0.000000263. The first-order valence-electron chi connectivity index (χ1n) is 11.4. The molecule has 0 saturated carbocycles. The Kier molecular flexibility index (Phi) is 11.2. The number of halogens is 1. The molecule has 1 fully saturated rings. The van der Waals surface area contributed by atoms with Gasteiger partial charge in [-0.05, 0) is 43.5 Å². The highest BCUT2D eigenvalue weighted by molar-refractivity contribution is 6.29. The number of para-hydroxylation sites is 1. The first-order valence-corrected chi connectivity index (χ1v) is 11.7. The van der Waals surface area contributed by atoms with Gasteiger partial charge in [0.05, 0.1) is 12.8 Å². The highest BCUT2D eigenvalue weighted by Crippen LogP contribution is 2.27. The number of nitro groups is 1. The number of esters is 1. The largest absolute Gasteiger partial charge is 0.467 e. The zero-order valence-corrected chi connectivity index (χ0v) is 22.2. The third kappa shape index (κ3) is 8.40. The predicted octanol–water partition coefficient (Wildman–Crippen LogP) is 2.53. The van der Waals surface area contributed by atoms with Gasteiger partial charge in [0, 0.05) is 32.9 Å². The molecule has 1 aromatic carbocycles. The number of hydrogen-bond acceptors (Lipinski definition) is 7. The Bertz CT molecular complexity index is 1110. The number of pyridine rings is 1. The van der Waals surface area contributed by atoms with E-state index in [1.807, 2.05) is 38.1 Å². The van der Waals surface area contributed by atoms with Crippen LogP contribution in [0.2, 0.25) is 5.15 Å². The van der Waals surface area contributed by atoms with Crippen LogP contribution >= 0.6 is 11.6 Å². The van der Waals surface area contributed by atoms with E-state index in [1.165, 1.54) is 19.1 Å². The lowest BCUT2D eigenvalue weighted by Gasteiger charge is -2.30. The van der Waals surface area contributed by atoms with Crippen molar-refractivity contribution < 1.29 is 24.1 Å². The van der Waals surface area contributed by atoms with Gasteiger partial charge in [0.25, 0.3) is 11.9 Å². The first kappa shape index (κ1) is 29.5. The van der Waals surface area contributed by atoms with E-state index in [1.54, 1.807) is 24.1 Å². The molecule has 1 unspecified atom stereocenters. The van der Waals surface area contributed by atoms with Crippen LogP contribution in [-0.4, -0.2) is 72.7 Å². The molecule has 1 saturated heterocycles. The summed E-state index contributed by atoms with van der Waals surface area (Å²) in [6.45, 7) is 7.20. The number of anilines is 1. The van der Waals surface area contributed by atoms with Crippen molar-refractivity contribution in [3.8, 4) is 0 Å². The normalized spacial score (nSPS) is 14.3. The van der Waals surface area contributed by atoms with Gasteiger partial charge >= 0.3 is 5.97 Å². The summed E-state index contributed by atoms with van der Waals surface area (Å²) < 4.78 is 9.65. The van der Waals surface area contributed by atoms with E-state index in [-0.39, 0.29) is 18.5 Å². The number of aromatic nitrogens is 1. The topological polar surface area (TPSA) is 140 Å². The molecule has 1 atom stereocenters. The number of ether oxygens (including phenoxy) is 2. The molecule has 1 aliphatic rings. The molecule has 1 aromatic heterocycles. The van der Waals surface area contributed by atoms with Gasteiger partial charge in [-0.15, -0.1) is 0 Å². The van der Waals surface area contributed by atoms with Crippen LogP contribution in [0.1, 0.15) is 23.6 Å². The van der Waals surface area contributed by atoms with Gasteiger partial charge in [-0.3, -0.25) is 9.69 Å². The summed E-state index contributed by atoms with van der Waals surface area (Å²) in [6, 6.07) is 8.53. The Labute approximate surface area is 220 Å². The Morgan fingerprint density at radius 2 is 1.95 bits per heavy atom. The molecule has 200 valence electrons. The fourth-order valence-electron chi connectivity index (χ4n) is 3.76. The zero-order chi connectivity index (χ0) is 27.5. The minimum atomic E-state index is -0.708. The van der Waals surface area contributed by atoms with Crippen LogP contribution in [0.4, 0.5) is 5.69 Å². The van der Waals surface area contributed by atoms with Crippen molar-refractivity contribution in [3.63, 3.8) is 0 Å². The summed E-state index contributed by atoms with van der Waals surface area (Å²) in [6.07, 6.45) is 1.64. The molecule has 1 aliphatic heterocycles. The van der Waals surface area contributed by atoms with Crippen LogP contribution in [0, 0.1) is 24.0 Å². The van der Waals surface area contributed by atoms with Crippen molar-refractivity contribution in [1.82, 2.24) is 15.2 Å². The number of rotatable bonds is 8. The number of nitrogens with zero attached hydrogens (tertiary/aromatic N) is 5. The van der Waals surface area contributed by atoms with E-state index >= 15 is 0 Å². The summed E-state index contributed by atoms with van der Waals surface area (Å²) in [5.74, 6) is -0.454. The molecule has 1 amide bonds. The quantitative estimate of drug-likeness (QED) is 0.234. The maximum Gasteiger partial charge on any atom is 0.328 e. The van der Waals surface area contributed by atoms with Gasteiger partial charge in [-0.2, -0.15) is 0 Å². The SMILES string of the molecule is COCC(=O)N(c1c(C)cccc1C)C(C)C(=O)OC.O=[N+]([O-])/N=C1\NCCN1Cc1ccc(Cl)nc1. The number of benzene rings is 1. The average Bonchev–Trinajstić information content (AvgIpc) is 3.28. The van der Waals surface area contributed by atoms with Crippen molar-refractivity contribution in [2.75, 3.05) is 38.8 Å². The molecule has 2 heterocycles. The second-order valence-electron chi connectivity index (χ2n) is 8.14. The van der Waals surface area contributed by atoms with Gasteiger partial charge in [-0.1, -0.05) is 35.9 Å². The van der Waals surface area contributed by atoms with E-state index in [2.05, 4.69) is 15.4 Å². The van der Waals surface area contributed by atoms with Crippen LogP contribution in [0.15, 0.2) is 41.6 Å². The number of guanidine groups is 1. The van der Waals surface area contributed by atoms with E-state index in [4.69, 9.17) is 21.1 Å². The lowest BCUT2D eigenvalue weighted by molar-refractivity contribution is -0.485. The van der Waals surface area contributed by atoms with Crippen LogP contribution < -0.4 is 10.2 Å². The minimum Gasteiger partial charge on any atom is -0.467 e. The smallest absolute Gasteiger partial charge is 0.328 e. The molecular weight excluding hydrogens is 504 g/mol. The van der Waals surface area contributed by atoms with E-state index in [9.17, 15) is 19.7 Å². The molecule has 37 heavy (non-hydrogen) atoms. The van der Waals surface area contributed by atoms with Crippen LogP contribution in [0.5, 0.6) is 0 Å². The minimum absolute atomic E-state index is 0.0882. The average molecular weight is 535 g/mol. The highest BCUT2D eigenvalue weighted by atomic mass is 35.5. The molecule has 0 radical (unpaired) electrons. The van der Waals surface area contributed by atoms with Crippen molar-refractivity contribution in [2.24, 2.45) is 5.10 Å². The fraction of sp³-hybridized carbons (Fsp3) is 0.417. The van der Waals surface area contributed by atoms with Crippen molar-refractivity contribution >= 4 is 35.1 Å². The third-order valence-corrected chi connectivity index (χ3v) is 5.67. The highest BCUT2D eigenvalue weighted by Gasteiger charge is 2.30. The number of aryl methyl sites for hydroxylation is 2. The zero-order valence-electron chi connectivity index (χ0n) is 21.4. The first-order chi connectivity index (χ1) is 17.6. The van der Waals surface area contributed by atoms with Gasteiger partial charge in [0.2, 0.25) is 0 Å². The Hall–Kier alpha value is -3.77. The molecule has 0 bridgehead atoms. The molecule has 0 aliphatic carbocycles. The lowest BCUT2D eigenvalue weighted by atomic mass is 10.1. The molecule has 3 rings (SSSR count). The molecule has 1 N–H and O–H groups in total. The molecule has 13 heteroatoms. The Morgan fingerprint density at radius 3 is 2.49 bits per heavy atom. The maximum absolute atomic E-state index is 12.3. The van der Waals surface area contributed by atoms with Gasteiger partial charge < -0.3 is 19.7 Å². The third-order valence-electron chi connectivity index (χ3n) is 5.45. The summed E-state index contributed by atoms with van der Waals surface area (Å²) in [5.41, 5.74) is 3.50. The number of carbonyl (C=O) groups excluding carboxylic acids is 2. The fourth-order valence-corrected chi connectivity index (χ4v) is 3.87. The van der Waals surface area contributed by atoms with E-state index < -0.39 is 17.0 Å². The number of amides is 1. The number of nitrogens with one attached hydrogen (secondary N) is 1. The maximum atomic E-state index is 12.3.